The molecule has 2 heterocycles. The van der Waals surface area contributed by atoms with E-state index in [0.717, 1.165) is 38.5 Å². The summed E-state index contributed by atoms with van der Waals surface area (Å²) in [5, 5.41) is 14.4. The van der Waals surface area contributed by atoms with E-state index in [1.165, 1.54) is 22.4 Å². The Morgan fingerprint density at radius 3 is 3.09 bits per heavy atom. The number of nitrogens with zero attached hydrogens (tertiary/aromatic N) is 2. The van der Waals surface area contributed by atoms with E-state index in [1.54, 1.807) is 6.92 Å². The first-order chi connectivity index (χ1) is 10.7. The van der Waals surface area contributed by atoms with Crippen LogP contribution in [0.3, 0.4) is 0 Å². The van der Waals surface area contributed by atoms with Crippen molar-refractivity contribution in [2.75, 3.05) is 38.2 Å². The number of carbonyl (C=O) groups excluding carboxylic acids is 1. The molecule has 0 saturated carbocycles. The van der Waals surface area contributed by atoms with Gasteiger partial charge in [-0.3, -0.25) is 0 Å². The Bertz CT molecular complexity index is 573. The fraction of sp³-hybridized carbons (Fsp3) is 0.500. The van der Waals surface area contributed by atoms with Crippen molar-refractivity contribution in [1.29, 1.82) is 5.26 Å². The third-order valence-electron chi connectivity index (χ3n) is 3.14. The maximum absolute atomic E-state index is 11.5. The Labute approximate surface area is 133 Å². The molecule has 0 bridgehead atoms. The zero-order valence-corrected chi connectivity index (χ0v) is 13.2. The Hall–Kier alpha value is -1.95. The first-order valence-electron chi connectivity index (χ1n) is 7.12. The van der Waals surface area contributed by atoms with Crippen LogP contribution in [-0.2, 0) is 20.8 Å². The maximum Gasteiger partial charge on any atom is 0.350 e. The van der Waals surface area contributed by atoms with Gasteiger partial charge in [-0.2, -0.15) is 5.26 Å². The van der Waals surface area contributed by atoms with Crippen molar-refractivity contribution in [3.8, 4) is 6.07 Å². The van der Waals surface area contributed by atoms with Gasteiger partial charge in [0.15, 0.2) is 10.7 Å². The van der Waals surface area contributed by atoms with Gasteiger partial charge in [0, 0.05) is 11.6 Å². The molecule has 1 saturated heterocycles. The minimum Gasteiger partial charge on any atom is -0.462 e. The van der Waals surface area contributed by atoms with E-state index in [9.17, 15) is 4.79 Å². The van der Waals surface area contributed by atoms with E-state index in [-0.39, 0.29) is 12.2 Å². The molecule has 8 heteroatoms. The zero-order chi connectivity index (χ0) is 15.8. The minimum absolute atomic E-state index is 0.0718. The molecule has 0 aromatic carbocycles. The molecule has 0 spiro atoms. The summed E-state index contributed by atoms with van der Waals surface area (Å²) in [6.45, 7) is 6.34. The second-order valence-corrected chi connectivity index (χ2v) is 5.58. The molecule has 1 aromatic rings. The summed E-state index contributed by atoms with van der Waals surface area (Å²) < 4.78 is 10.1. The van der Waals surface area contributed by atoms with Gasteiger partial charge in [0.25, 0.3) is 0 Å². The van der Waals surface area contributed by atoms with Crippen LogP contribution in [0.15, 0.2) is 17.2 Å². The van der Waals surface area contributed by atoms with Crippen LogP contribution < -0.4 is 10.2 Å². The van der Waals surface area contributed by atoms with Gasteiger partial charge in [0.05, 0.1) is 19.8 Å². The number of nitriles is 1. The van der Waals surface area contributed by atoms with Crippen LogP contribution in [0.25, 0.3) is 0 Å². The van der Waals surface area contributed by atoms with E-state index < -0.39 is 5.97 Å². The van der Waals surface area contributed by atoms with Gasteiger partial charge in [-0.15, -0.1) is 11.3 Å². The molecular weight excluding hydrogens is 304 g/mol. The normalized spacial score (nSPS) is 16.1. The van der Waals surface area contributed by atoms with Gasteiger partial charge in [-0.1, -0.05) is 0 Å². The number of rotatable bonds is 6. The molecule has 0 radical (unpaired) electrons. The molecule has 0 amide bonds. The molecule has 2 rings (SSSR count). The van der Waals surface area contributed by atoms with E-state index >= 15 is 0 Å². The van der Waals surface area contributed by atoms with E-state index in [2.05, 4.69) is 10.3 Å². The Morgan fingerprint density at radius 2 is 2.41 bits per heavy atom. The number of esters is 1. The van der Waals surface area contributed by atoms with Crippen LogP contribution in [0.2, 0.25) is 0 Å². The monoisotopic (exact) mass is 323 g/mol. The molecule has 1 aliphatic heterocycles. The highest BCUT2D eigenvalue weighted by atomic mass is 32.1. The minimum atomic E-state index is -0.632. The third-order valence-corrected chi connectivity index (χ3v) is 3.96. The first kappa shape index (κ1) is 16.4. The highest BCUT2D eigenvalue weighted by molar-refractivity contribution is 7.13. The highest BCUT2D eigenvalue weighted by Crippen LogP contribution is 2.15. The summed E-state index contributed by atoms with van der Waals surface area (Å²) in [5.74, 6) is -0.632. The lowest BCUT2D eigenvalue weighted by molar-refractivity contribution is -0.921. The second-order valence-electron chi connectivity index (χ2n) is 4.72. The van der Waals surface area contributed by atoms with Crippen molar-refractivity contribution in [2.45, 2.75) is 13.5 Å². The van der Waals surface area contributed by atoms with Crippen molar-refractivity contribution >= 4 is 22.4 Å². The van der Waals surface area contributed by atoms with Gasteiger partial charge in [0.1, 0.15) is 31.4 Å². The molecule has 1 aliphatic rings. The van der Waals surface area contributed by atoms with Crippen LogP contribution in [0.1, 0.15) is 12.6 Å². The summed E-state index contributed by atoms with van der Waals surface area (Å²) in [5.41, 5.74) is 0.921. The van der Waals surface area contributed by atoms with Crippen LogP contribution in [0, 0.1) is 11.3 Å². The number of carbonyl (C=O) groups is 1. The lowest BCUT2D eigenvalue weighted by atomic mass is 10.3. The number of thiazole rings is 1. The molecule has 7 nitrogen and oxygen atoms in total. The van der Waals surface area contributed by atoms with Gasteiger partial charge in [0.2, 0.25) is 0 Å². The molecule has 0 aliphatic carbocycles. The molecular formula is C14H19N4O3S+. The number of aromatic nitrogens is 1. The zero-order valence-electron chi connectivity index (χ0n) is 12.4. The van der Waals surface area contributed by atoms with Crippen LogP contribution in [0.4, 0.5) is 5.13 Å². The van der Waals surface area contributed by atoms with Gasteiger partial charge >= 0.3 is 5.97 Å². The fourth-order valence-electron chi connectivity index (χ4n) is 2.03. The molecule has 2 N–H and O–H groups in total. The Kier molecular flexibility index (Phi) is 6.33. The fourth-order valence-corrected chi connectivity index (χ4v) is 2.71. The average Bonchev–Trinajstić information content (AvgIpc) is 2.97. The van der Waals surface area contributed by atoms with Gasteiger partial charge in [-0.05, 0) is 6.92 Å². The quantitative estimate of drug-likeness (QED) is 0.433. The molecule has 0 atom stereocenters. The predicted molar refractivity (Wildman–Crippen MR) is 81.3 cm³/mol. The number of nitrogens with one attached hydrogen (secondary N) is 2. The van der Waals surface area contributed by atoms with Crippen molar-refractivity contribution in [1.82, 2.24) is 4.98 Å². The number of anilines is 1. The number of hydrogen-bond donors (Lipinski definition) is 2. The van der Waals surface area contributed by atoms with Crippen molar-refractivity contribution < 1.29 is 19.2 Å². The summed E-state index contributed by atoms with van der Waals surface area (Å²) in [4.78, 5) is 17.4. The van der Waals surface area contributed by atoms with Crippen LogP contribution >= 0.6 is 11.3 Å². The summed E-state index contributed by atoms with van der Waals surface area (Å²) in [7, 11) is 0. The summed E-state index contributed by atoms with van der Waals surface area (Å²) in [6.07, 6.45) is 1.34. The van der Waals surface area contributed by atoms with Crippen molar-refractivity contribution in [3.63, 3.8) is 0 Å². The number of morpholine rings is 1. The standard InChI is InChI=1S/C14H18N4O3S/c1-2-21-13(19)11(7-15)8-16-14-17-12(10-22-14)9-18-3-5-20-6-4-18/h8,10H,2-6,9H2,1H3,(H,16,17)/p+1/b11-8+. The van der Waals surface area contributed by atoms with Crippen LogP contribution in [0.5, 0.6) is 0 Å². The highest BCUT2D eigenvalue weighted by Gasteiger charge is 2.16. The lowest BCUT2D eigenvalue weighted by Gasteiger charge is -2.22. The van der Waals surface area contributed by atoms with Crippen molar-refractivity contribution in [3.05, 3.63) is 22.8 Å². The summed E-state index contributed by atoms with van der Waals surface area (Å²) in [6, 6.07) is 1.81. The van der Waals surface area contributed by atoms with E-state index in [1.807, 2.05) is 11.4 Å². The SMILES string of the molecule is CCOC(=O)/C(C#N)=C/Nc1nc(C[NH+]2CCOCC2)cs1. The third kappa shape index (κ3) is 4.80. The average molecular weight is 323 g/mol. The predicted octanol–water partition coefficient (Wildman–Crippen LogP) is -0.0593. The van der Waals surface area contributed by atoms with E-state index in [4.69, 9.17) is 14.7 Å². The first-order valence-corrected chi connectivity index (χ1v) is 8.00. The number of quaternary nitrogens is 1. The second kappa shape index (κ2) is 8.48. The largest absolute Gasteiger partial charge is 0.462 e. The molecule has 22 heavy (non-hydrogen) atoms. The van der Waals surface area contributed by atoms with Crippen LogP contribution in [-0.4, -0.2) is 43.9 Å². The molecule has 1 fully saturated rings. The number of ether oxygens (including phenoxy) is 2. The summed E-state index contributed by atoms with van der Waals surface area (Å²) >= 11 is 1.44. The topological polar surface area (TPSA) is 88.7 Å². The lowest BCUT2D eigenvalue weighted by Crippen LogP contribution is -3.12. The van der Waals surface area contributed by atoms with Crippen molar-refractivity contribution in [2.24, 2.45) is 0 Å². The molecule has 1 aromatic heterocycles. The van der Waals surface area contributed by atoms with E-state index in [0.29, 0.717) is 5.13 Å². The molecule has 118 valence electrons. The smallest absolute Gasteiger partial charge is 0.350 e. The Morgan fingerprint density at radius 1 is 1.64 bits per heavy atom. The maximum atomic E-state index is 11.5. The molecule has 0 unspecified atom stereocenters. The Balaban J connectivity index is 1.90. The number of hydrogen-bond acceptors (Lipinski definition) is 7. The van der Waals surface area contributed by atoms with Gasteiger partial charge in [-0.25, -0.2) is 9.78 Å². The van der Waals surface area contributed by atoms with Gasteiger partial charge < -0.3 is 19.7 Å².